The van der Waals surface area contributed by atoms with Crippen LogP contribution in [-0.4, -0.2) is 38.7 Å². The van der Waals surface area contributed by atoms with E-state index in [0.29, 0.717) is 35.4 Å². The van der Waals surface area contributed by atoms with Crippen LogP contribution in [0.3, 0.4) is 0 Å². The molecule has 2 aliphatic heterocycles. The third-order valence-corrected chi connectivity index (χ3v) is 7.61. The van der Waals surface area contributed by atoms with Crippen molar-refractivity contribution in [3.05, 3.63) is 92.2 Å². The van der Waals surface area contributed by atoms with Crippen LogP contribution in [0.4, 0.5) is 11.4 Å². The standard InChI is InChI=1S/C25H21N5O4S2/c31-22(26-14-18-7-4-12-35-18)11-10-21-24(32)29-23(27-21)19-8-1-2-9-20(19)28-25(29)36-15-16-5-3-6-17(13-16)30(33)34/h1-9,12-13,21H,10-11,14-15H2,(H,26,31)/t21-/m1/s1. The van der Waals surface area contributed by atoms with Gasteiger partial charge >= 0.3 is 0 Å². The number of nitrogens with zero attached hydrogens (tertiary/aromatic N) is 4. The first-order valence-electron chi connectivity index (χ1n) is 11.2. The zero-order valence-electron chi connectivity index (χ0n) is 19.0. The maximum Gasteiger partial charge on any atom is 0.269 e. The Balaban J connectivity index is 1.30. The largest absolute Gasteiger partial charge is 0.351 e. The number of aliphatic imine (C=N–C) groups is 2. The lowest BCUT2D eigenvalue weighted by Gasteiger charge is -2.25. The topological polar surface area (TPSA) is 117 Å². The molecule has 5 rings (SSSR count). The molecule has 2 aliphatic rings. The lowest BCUT2D eigenvalue weighted by Crippen LogP contribution is -2.41. The second-order valence-electron chi connectivity index (χ2n) is 8.16. The number of nitro groups is 1. The van der Waals surface area contributed by atoms with Crippen LogP contribution < -0.4 is 5.32 Å². The fraction of sp³-hybridized carbons (Fsp3) is 0.200. The van der Waals surface area contributed by atoms with Crippen molar-refractivity contribution in [2.45, 2.75) is 31.2 Å². The number of nitrogens with one attached hydrogen (secondary N) is 1. The normalized spacial score (nSPS) is 16.2. The Morgan fingerprint density at radius 3 is 2.83 bits per heavy atom. The van der Waals surface area contributed by atoms with E-state index in [1.54, 1.807) is 23.5 Å². The molecule has 0 fully saturated rings. The average molecular weight is 520 g/mol. The van der Waals surface area contributed by atoms with Crippen molar-refractivity contribution < 1.29 is 14.5 Å². The number of para-hydroxylation sites is 1. The van der Waals surface area contributed by atoms with E-state index in [1.807, 2.05) is 41.8 Å². The fourth-order valence-corrected chi connectivity index (χ4v) is 5.54. The summed E-state index contributed by atoms with van der Waals surface area (Å²) in [5, 5.41) is 16.4. The van der Waals surface area contributed by atoms with Crippen LogP contribution in [0, 0.1) is 10.1 Å². The number of thioether (sulfide) groups is 1. The van der Waals surface area contributed by atoms with Gasteiger partial charge in [-0.2, -0.15) is 0 Å². The minimum Gasteiger partial charge on any atom is -0.351 e. The van der Waals surface area contributed by atoms with Crippen molar-refractivity contribution >= 4 is 57.3 Å². The second kappa shape index (κ2) is 10.4. The number of nitro benzene ring substituents is 1. The van der Waals surface area contributed by atoms with Crippen molar-refractivity contribution in [1.29, 1.82) is 0 Å². The minimum atomic E-state index is -0.678. The number of thiophene rings is 1. The SMILES string of the molecule is O=C(CC[C@H]1N=C2c3ccccc3N=C(SCc3cccc([N+](=O)[O-])c3)N2C1=O)NCc1cccs1. The molecule has 0 saturated carbocycles. The Morgan fingerprint density at radius 1 is 1.17 bits per heavy atom. The number of fused-ring (bicyclic) bond motifs is 3. The highest BCUT2D eigenvalue weighted by atomic mass is 32.2. The summed E-state index contributed by atoms with van der Waals surface area (Å²) in [7, 11) is 0. The first-order chi connectivity index (χ1) is 17.5. The van der Waals surface area contributed by atoms with Gasteiger partial charge in [0, 0.05) is 34.7 Å². The van der Waals surface area contributed by atoms with Gasteiger partial charge in [-0.3, -0.25) is 24.7 Å². The van der Waals surface area contributed by atoms with Crippen molar-refractivity contribution in [1.82, 2.24) is 10.2 Å². The number of hydrogen-bond acceptors (Lipinski definition) is 8. The predicted octanol–water partition coefficient (Wildman–Crippen LogP) is 4.64. The van der Waals surface area contributed by atoms with E-state index in [4.69, 9.17) is 4.99 Å². The van der Waals surface area contributed by atoms with Gasteiger partial charge in [0.1, 0.15) is 11.9 Å². The maximum atomic E-state index is 13.4. The summed E-state index contributed by atoms with van der Waals surface area (Å²) in [5.41, 5.74) is 2.23. The summed E-state index contributed by atoms with van der Waals surface area (Å²) < 4.78 is 0. The summed E-state index contributed by atoms with van der Waals surface area (Å²) in [6, 6.07) is 17.1. The molecule has 1 aromatic heterocycles. The molecule has 182 valence electrons. The van der Waals surface area contributed by atoms with Crippen molar-refractivity contribution in [2.24, 2.45) is 9.98 Å². The van der Waals surface area contributed by atoms with Crippen molar-refractivity contribution in [2.75, 3.05) is 0 Å². The number of non-ortho nitro benzene ring substituents is 1. The second-order valence-corrected chi connectivity index (χ2v) is 10.1. The number of hydrogen-bond donors (Lipinski definition) is 1. The summed E-state index contributed by atoms with van der Waals surface area (Å²) in [6.07, 6.45) is 0.474. The lowest BCUT2D eigenvalue weighted by atomic mass is 10.1. The van der Waals surface area contributed by atoms with E-state index in [1.165, 1.54) is 28.8 Å². The molecule has 3 aromatic rings. The molecule has 0 bridgehead atoms. The first kappa shape index (κ1) is 23.9. The van der Waals surface area contributed by atoms with Crippen LogP contribution in [0.5, 0.6) is 0 Å². The Bertz CT molecular complexity index is 1390. The highest BCUT2D eigenvalue weighted by molar-refractivity contribution is 8.13. The van der Waals surface area contributed by atoms with Crippen molar-refractivity contribution in [3.63, 3.8) is 0 Å². The number of carbonyl (C=O) groups is 2. The summed E-state index contributed by atoms with van der Waals surface area (Å²) in [6.45, 7) is 0.466. The molecular formula is C25H21N5O4S2. The number of benzene rings is 2. The van der Waals surface area contributed by atoms with Crippen LogP contribution in [0.1, 0.15) is 28.8 Å². The Kier molecular flexibility index (Phi) is 6.92. The van der Waals surface area contributed by atoms with Crippen LogP contribution in [0.15, 0.2) is 76.0 Å². The molecule has 0 saturated heterocycles. The molecule has 9 nitrogen and oxygen atoms in total. The van der Waals surface area contributed by atoms with Gasteiger partial charge in [-0.25, -0.2) is 9.89 Å². The van der Waals surface area contributed by atoms with Crippen LogP contribution >= 0.6 is 23.1 Å². The molecule has 0 spiro atoms. The number of amidine groups is 2. The van der Waals surface area contributed by atoms with Gasteiger partial charge in [-0.05, 0) is 35.6 Å². The number of amides is 2. The monoisotopic (exact) mass is 519 g/mol. The molecular weight excluding hydrogens is 498 g/mol. The van der Waals surface area contributed by atoms with Gasteiger partial charge in [0.2, 0.25) is 5.91 Å². The molecule has 1 atom stereocenters. The first-order valence-corrected chi connectivity index (χ1v) is 13.1. The predicted molar refractivity (Wildman–Crippen MR) is 140 cm³/mol. The van der Waals surface area contributed by atoms with Gasteiger partial charge in [-0.15, -0.1) is 11.3 Å². The number of carbonyl (C=O) groups excluding carboxylic acids is 2. The third kappa shape index (κ3) is 5.07. The molecule has 36 heavy (non-hydrogen) atoms. The minimum absolute atomic E-state index is 0.0148. The molecule has 0 radical (unpaired) electrons. The molecule has 0 unspecified atom stereocenters. The van der Waals surface area contributed by atoms with E-state index in [-0.39, 0.29) is 23.9 Å². The van der Waals surface area contributed by atoms with Crippen LogP contribution in [0.25, 0.3) is 0 Å². The third-order valence-electron chi connectivity index (χ3n) is 5.72. The van der Waals surface area contributed by atoms with E-state index >= 15 is 0 Å². The zero-order chi connectivity index (χ0) is 25.1. The van der Waals surface area contributed by atoms with E-state index < -0.39 is 11.0 Å². The molecule has 11 heteroatoms. The molecule has 2 aromatic carbocycles. The van der Waals surface area contributed by atoms with Gasteiger partial charge in [0.15, 0.2) is 5.17 Å². The highest BCUT2D eigenvalue weighted by Crippen LogP contribution is 2.35. The molecule has 1 N–H and O–H groups in total. The Labute approximate surface area is 215 Å². The summed E-state index contributed by atoms with van der Waals surface area (Å²) in [5.74, 6) is 0.567. The van der Waals surface area contributed by atoms with Gasteiger partial charge in [-0.1, -0.05) is 42.1 Å². The fourth-order valence-electron chi connectivity index (χ4n) is 3.95. The van der Waals surface area contributed by atoms with Crippen LogP contribution in [0.2, 0.25) is 0 Å². The van der Waals surface area contributed by atoms with E-state index in [2.05, 4.69) is 10.3 Å². The van der Waals surface area contributed by atoms with Gasteiger partial charge in [0.25, 0.3) is 11.6 Å². The molecule has 3 heterocycles. The van der Waals surface area contributed by atoms with Gasteiger partial charge in [0.05, 0.1) is 17.2 Å². The quantitative estimate of drug-likeness (QED) is 0.344. The molecule has 0 aliphatic carbocycles. The van der Waals surface area contributed by atoms with Gasteiger partial charge < -0.3 is 5.32 Å². The summed E-state index contributed by atoms with van der Waals surface area (Å²) >= 11 is 2.90. The van der Waals surface area contributed by atoms with E-state index in [0.717, 1.165) is 16.0 Å². The summed E-state index contributed by atoms with van der Waals surface area (Å²) in [4.78, 5) is 48.4. The Morgan fingerprint density at radius 2 is 2.03 bits per heavy atom. The lowest BCUT2D eigenvalue weighted by molar-refractivity contribution is -0.384. The highest BCUT2D eigenvalue weighted by Gasteiger charge is 2.41. The molecule has 2 amide bonds. The van der Waals surface area contributed by atoms with E-state index in [9.17, 15) is 19.7 Å². The average Bonchev–Trinajstić information content (AvgIpc) is 3.53. The van der Waals surface area contributed by atoms with Crippen LogP contribution in [-0.2, 0) is 21.9 Å². The number of rotatable bonds is 8. The zero-order valence-corrected chi connectivity index (χ0v) is 20.6. The smallest absolute Gasteiger partial charge is 0.269 e. The maximum absolute atomic E-state index is 13.4. The Hall–Kier alpha value is -3.83. The van der Waals surface area contributed by atoms with Crippen molar-refractivity contribution in [3.8, 4) is 0 Å².